The van der Waals surface area contributed by atoms with Crippen LogP contribution in [0.2, 0.25) is 0 Å². The van der Waals surface area contributed by atoms with Gasteiger partial charge < -0.3 is 9.84 Å². The number of hydrogen-bond donors (Lipinski definition) is 1. The summed E-state index contributed by atoms with van der Waals surface area (Å²) in [5.41, 5.74) is 0. The average molecular weight is 218 g/mol. The van der Waals surface area contributed by atoms with Crippen molar-refractivity contribution in [2.24, 2.45) is 0 Å². The van der Waals surface area contributed by atoms with Crippen LogP contribution in [0, 0.1) is 0 Å². The summed E-state index contributed by atoms with van der Waals surface area (Å²) in [6.07, 6.45) is 10.1. The summed E-state index contributed by atoms with van der Waals surface area (Å²) in [6.45, 7) is 8.00. The molecule has 0 aromatic rings. The van der Waals surface area contributed by atoms with E-state index in [4.69, 9.17) is 9.84 Å². The fourth-order valence-corrected chi connectivity index (χ4v) is 1.02. The third kappa shape index (κ3) is 7.80. The molecule has 0 spiro atoms. The molecule has 2 saturated carbocycles. The van der Waals surface area contributed by atoms with Gasteiger partial charge in [-0.25, -0.2) is 0 Å². The van der Waals surface area contributed by atoms with Gasteiger partial charge in [0, 0.05) is 7.11 Å². The predicted octanol–water partition coefficient (Wildman–Crippen LogP) is 3.77. The Morgan fingerprint density at radius 2 is 0.867 bits per heavy atom. The van der Waals surface area contributed by atoms with Crippen molar-refractivity contribution in [1.29, 1.82) is 0 Å². The molecule has 15 heavy (non-hydrogen) atoms. The third-order valence-electron chi connectivity index (χ3n) is 2.44. The lowest BCUT2D eigenvalue weighted by Gasteiger charge is -2.49. The molecule has 0 amide bonds. The van der Waals surface area contributed by atoms with E-state index in [1.807, 2.05) is 27.7 Å². The van der Waals surface area contributed by atoms with Crippen LogP contribution >= 0.6 is 0 Å². The summed E-state index contributed by atoms with van der Waals surface area (Å²) in [5, 5.41) is 7.00. The number of aliphatic hydroxyl groups is 1. The Morgan fingerprint density at radius 1 is 0.733 bits per heavy atom. The van der Waals surface area contributed by atoms with E-state index in [0.29, 0.717) is 12.2 Å². The van der Waals surface area contributed by atoms with Crippen LogP contribution in [-0.2, 0) is 4.74 Å². The molecule has 0 aromatic carbocycles. The van der Waals surface area contributed by atoms with Crippen LogP contribution in [0.1, 0.15) is 66.2 Å². The van der Waals surface area contributed by atoms with Gasteiger partial charge in [-0.1, -0.05) is 53.4 Å². The van der Waals surface area contributed by atoms with Gasteiger partial charge >= 0.3 is 0 Å². The van der Waals surface area contributed by atoms with Crippen molar-refractivity contribution < 1.29 is 9.84 Å². The zero-order valence-electron chi connectivity index (χ0n) is 11.3. The van der Waals surface area contributed by atoms with Crippen LogP contribution in [0.5, 0.6) is 0 Å². The Bertz CT molecular complexity index is 76.4. The zero-order chi connectivity index (χ0) is 12.1. The summed E-state index contributed by atoms with van der Waals surface area (Å²) in [4.78, 5) is 0. The third-order valence-corrected chi connectivity index (χ3v) is 2.44. The summed E-state index contributed by atoms with van der Waals surface area (Å²) in [7, 11) is 1.00. The highest BCUT2D eigenvalue weighted by molar-refractivity contribution is 4.91. The van der Waals surface area contributed by atoms with Gasteiger partial charge in [-0.3, -0.25) is 0 Å². The maximum absolute atomic E-state index is 7.00. The van der Waals surface area contributed by atoms with Crippen LogP contribution in [0.3, 0.4) is 0 Å². The van der Waals surface area contributed by atoms with Crippen molar-refractivity contribution in [3.8, 4) is 0 Å². The molecule has 4 rings (SSSR count). The monoisotopic (exact) mass is 218 g/mol. The second kappa shape index (κ2) is 13.9. The molecule has 1 N–H and O–H groups in total. The Kier molecular flexibility index (Phi) is 16.1. The number of aliphatic hydroxyl groups excluding tert-OH is 1. The van der Waals surface area contributed by atoms with E-state index >= 15 is 0 Å². The molecular formula is C13H30O2. The number of ether oxygens (including phenoxy) is 1. The van der Waals surface area contributed by atoms with Gasteiger partial charge in [0.05, 0.1) is 12.2 Å². The highest BCUT2D eigenvalue weighted by Crippen LogP contribution is 2.39. The van der Waals surface area contributed by atoms with Gasteiger partial charge in [0.2, 0.25) is 0 Å². The SMILES string of the molecule is C1C2CC1O2.C1CCC1.CC.CC.CO. The molecular weight excluding hydrogens is 188 g/mol. The van der Waals surface area contributed by atoms with Crippen molar-refractivity contribution in [3.63, 3.8) is 0 Å². The summed E-state index contributed by atoms with van der Waals surface area (Å²) < 4.78 is 5.03. The first-order valence-electron chi connectivity index (χ1n) is 6.55. The first-order valence-corrected chi connectivity index (χ1v) is 6.55. The molecule has 2 bridgehead atoms. The van der Waals surface area contributed by atoms with Crippen LogP contribution in [0.25, 0.3) is 0 Å². The molecule has 2 heterocycles. The van der Waals surface area contributed by atoms with Crippen LogP contribution < -0.4 is 0 Å². The fourth-order valence-electron chi connectivity index (χ4n) is 1.02. The van der Waals surface area contributed by atoms with E-state index in [1.54, 1.807) is 0 Å². The quantitative estimate of drug-likeness (QED) is 0.670. The number of rotatable bonds is 0. The largest absolute Gasteiger partial charge is 0.400 e. The topological polar surface area (TPSA) is 29.5 Å². The van der Waals surface area contributed by atoms with Gasteiger partial charge in [0.25, 0.3) is 0 Å². The summed E-state index contributed by atoms with van der Waals surface area (Å²) >= 11 is 0. The van der Waals surface area contributed by atoms with E-state index in [1.165, 1.54) is 38.5 Å². The lowest BCUT2D eigenvalue weighted by molar-refractivity contribution is -0.237. The lowest BCUT2D eigenvalue weighted by Crippen LogP contribution is -2.52. The van der Waals surface area contributed by atoms with E-state index in [-0.39, 0.29) is 0 Å². The molecule has 4 aliphatic rings. The van der Waals surface area contributed by atoms with Crippen LogP contribution in [-0.4, -0.2) is 24.4 Å². The summed E-state index contributed by atoms with van der Waals surface area (Å²) in [6, 6.07) is 0. The minimum absolute atomic E-state index is 0.708. The molecule has 0 unspecified atom stereocenters. The normalized spacial score (nSPS) is 26.8. The molecule has 0 atom stereocenters. The Labute approximate surface area is 96.0 Å². The number of hydrogen-bond acceptors (Lipinski definition) is 2. The fraction of sp³-hybridized carbons (Fsp3) is 1.00. The van der Waals surface area contributed by atoms with Gasteiger partial charge in [-0.2, -0.15) is 0 Å². The van der Waals surface area contributed by atoms with Gasteiger partial charge in [0.15, 0.2) is 0 Å². The van der Waals surface area contributed by atoms with Gasteiger partial charge in [0.1, 0.15) is 0 Å². The van der Waals surface area contributed by atoms with Crippen molar-refractivity contribution in [2.45, 2.75) is 78.4 Å². The average Bonchev–Trinajstić information content (AvgIpc) is 2.06. The standard InChI is InChI=1S/C4H6O.C4H8.2C2H6.CH4O/c1-3-2-4(1)5-3;1-2-4-3-1;3*1-2/h3-4H,1-2H2;1-4H2;2*1-2H3;2H,1H3. The van der Waals surface area contributed by atoms with Gasteiger partial charge in [-0.15, -0.1) is 0 Å². The van der Waals surface area contributed by atoms with E-state index in [0.717, 1.165) is 7.11 Å². The molecule has 2 saturated heterocycles. The van der Waals surface area contributed by atoms with Crippen molar-refractivity contribution in [1.82, 2.24) is 0 Å². The Balaban J connectivity index is 0. The van der Waals surface area contributed by atoms with Gasteiger partial charge in [-0.05, 0) is 12.8 Å². The van der Waals surface area contributed by atoms with Crippen molar-refractivity contribution >= 4 is 0 Å². The van der Waals surface area contributed by atoms with E-state index < -0.39 is 0 Å². The maximum atomic E-state index is 7.00. The lowest BCUT2D eigenvalue weighted by atomic mass is 9.84. The van der Waals surface area contributed by atoms with Crippen LogP contribution in [0.15, 0.2) is 0 Å². The van der Waals surface area contributed by atoms with E-state index in [9.17, 15) is 0 Å². The maximum Gasteiger partial charge on any atom is 0.0628 e. The molecule has 2 aliphatic carbocycles. The first-order chi connectivity index (χ1) is 7.45. The predicted molar refractivity (Wildman–Crippen MR) is 67.2 cm³/mol. The minimum Gasteiger partial charge on any atom is -0.400 e. The molecule has 2 heteroatoms. The summed E-state index contributed by atoms with van der Waals surface area (Å²) in [5.74, 6) is 0. The van der Waals surface area contributed by atoms with Crippen molar-refractivity contribution in [2.75, 3.05) is 7.11 Å². The highest BCUT2D eigenvalue weighted by atomic mass is 16.5. The molecule has 2 aliphatic heterocycles. The smallest absolute Gasteiger partial charge is 0.0628 e. The second-order valence-corrected chi connectivity index (χ2v) is 3.27. The Hall–Kier alpha value is -0.0800. The minimum atomic E-state index is 0.708. The molecule has 0 aromatic heterocycles. The van der Waals surface area contributed by atoms with E-state index in [2.05, 4.69) is 0 Å². The van der Waals surface area contributed by atoms with Crippen LogP contribution in [0.4, 0.5) is 0 Å². The molecule has 4 fully saturated rings. The Morgan fingerprint density at radius 3 is 0.867 bits per heavy atom. The first kappa shape index (κ1) is 17.3. The second-order valence-electron chi connectivity index (χ2n) is 3.27. The molecule has 0 radical (unpaired) electrons. The highest BCUT2D eigenvalue weighted by Gasteiger charge is 2.43. The van der Waals surface area contributed by atoms with Crippen molar-refractivity contribution in [3.05, 3.63) is 0 Å². The zero-order valence-corrected chi connectivity index (χ0v) is 11.3. The molecule has 2 nitrogen and oxygen atoms in total. The molecule has 94 valence electrons.